The van der Waals surface area contributed by atoms with Crippen LogP contribution in [0.5, 0.6) is 0 Å². The molecule has 3 rings (SSSR count). The van der Waals surface area contributed by atoms with Crippen LogP contribution in [-0.4, -0.2) is 38.4 Å². The van der Waals surface area contributed by atoms with Gasteiger partial charge in [-0.3, -0.25) is 0 Å². The smallest absolute Gasteiger partial charge is 0.253 e. The first kappa shape index (κ1) is 15.0. The Kier molecular flexibility index (Phi) is 4.52. The van der Waals surface area contributed by atoms with Crippen molar-refractivity contribution in [2.24, 2.45) is 5.92 Å². The van der Waals surface area contributed by atoms with Crippen molar-refractivity contribution in [3.63, 3.8) is 0 Å². The van der Waals surface area contributed by atoms with Crippen molar-refractivity contribution in [1.29, 1.82) is 0 Å². The van der Waals surface area contributed by atoms with E-state index in [1.165, 1.54) is 24.2 Å². The SMILES string of the molecule is O=S(=O)(c1sccc1Br)N1CCCC(CNC2CC2)C1. The summed E-state index contributed by atoms with van der Waals surface area (Å²) >= 11 is 4.62. The van der Waals surface area contributed by atoms with Gasteiger partial charge in [-0.1, -0.05) is 0 Å². The number of hydrogen-bond acceptors (Lipinski definition) is 4. The normalized spacial score (nSPS) is 24.9. The number of sulfonamides is 1. The maximum atomic E-state index is 12.7. The van der Waals surface area contributed by atoms with Crippen LogP contribution in [-0.2, 0) is 10.0 Å². The van der Waals surface area contributed by atoms with Crippen LogP contribution in [0.2, 0.25) is 0 Å². The van der Waals surface area contributed by atoms with Crippen molar-refractivity contribution in [1.82, 2.24) is 9.62 Å². The van der Waals surface area contributed by atoms with Gasteiger partial charge in [0.15, 0.2) is 0 Å². The lowest BCUT2D eigenvalue weighted by Gasteiger charge is -2.31. The molecule has 0 radical (unpaired) electrons. The first-order valence-corrected chi connectivity index (χ1v) is 10.1. The van der Waals surface area contributed by atoms with Gasteiger partial charge in [-0.15, -0.1) is 11.3 Å². The minimum Gasteiger partial charge on any atom is -0.314 e. The van der Waals surface area contributed by atoms with Crippen LogP contribution in [0.3, 0.4) is 0 Å². The van der Waals surface area contributed by atoms with E-state index >= 15 is 0 Å². The summed E-state index contributed by atoms with van der Waals surface area (Å²) in [5, 5.41) is 5.33. The zero-order valence-corrected chi connectivity index (χ0v) is 14.4. The van der Waals surface area contributed by atoms with Crippen LogP contribution < -0.4 is 5.32 Å². The molecule has 1 aliphatic carbocycles. The standard InChI is InChI=1S/C13H19BrN2O2S2/c14-12-5-7-19-13(12)20(17,18)16-6-1-2-10(9-16)8-15-11-3-4-11/h5,7,10-11,15H,1-4,6,8-9H2. The van der Waals surface area contributed by atoms with Crippen molar-refractivity contribution in [3.8, 4) is 0 Å². The van der Waals surface area contributed by atoms with Crippen molar-refractivity contribution in [2.45, 2.75) is 35.9 Å². The molecule has 1 aromatic heterocycles. The van der Waals surface area contributed by atoms with Crippen molar-refractivity contribution in [3.05, 3.63) is 15.9 Å². The largest absolute Gasteiger partial charge is 0.314 e. The van der Waals surface area contributed by atoms with Crippen LogP contribution in [0, 0.1) is 5.92 Å². The molecule has 1 aliphatic heterocycles. The summed E-state index contributed by atoms with van der Waals surface area (Å²) in [7, 11) is -3.33. The molecule has 1 atom stereocenters. The zero-order chi connectivity index (χ0) is 14.2. The van der Waals surface area contributed by atoms with E-state index in [1.54, 1.807) is 10.4 Å². The third-order valence-electron chi connectivity index (χ3n) is 3.91. The van der Waals surface area contributed by atoms with Gasteiger partial charge in [0, 0.05) is 23.6 Å². The molecule has 1 N–H and O–H groups in total. The van der Waals surface area contributed by atoms with Crippen LogP contribution in [0.15, 0.2) is 20.1 Å². The fourth-order valence-corrected chi connectivity index (χ4v) is 6.62. The number of rotatable bonds is 5. The average Bonchev–Trinajstić information content (AvgIpc) is 3.17. The van der Waals surface area contributed by atoms with E-state index in [1.807, 2.05) is 5.38 Å². The van der Waals surface area contributed by atoms with Gasteiger partial charge in [0.25, 0.3) is 10.0 Å². The molecule has 2 fully saturated rings. The maximum absolute atomic E-state index is 12.7. The third kappa shape index (κ3) is 3.27. The lowest BCUT2D eigenvalue weighted by atomic mass is 10.00. The molecule has 2 aliphatic rings. The van der Waals surface area contributed by atoms with Crippen molar-refractivity contribution >= 4 is 37.3 Å². The second kappa shape index (κ2) is 6.04. The summed E-state index contributed by atoms with van der Waals surface area (Å²) in [5.41, 5.74) is 0. The average molecular weight is 379 g/mol. The fraction of sp³-hybridized carbons (Fsp3) is 0.692. The highest BCUT2D eigenvalue weighted by Gasteiger charge is 2.33. The molecule has 1 unspecified atom stereocenters. The van der Waals surface area contributed by atoms with Gasteiger partial charge >= 0.3 is 0 Å². The third-order valence-corrected chi connectivity index (χ3v) is 8.43. The number of halogens is 1. The van der Waals surface area contributed by atoms with Crippen LogP contribution in [0.4, 0.5) is 0 Å². The van der Waals surface area contributed by atoms with Crippen molar-refractivity contribution in [2.75, 3.05) is 19.6 Å². The van der Waals surface area contributed by atoms with Crippen LogP contribution in [0.25, 0.3) is 0 Å². The fourth-order valence-electron chi connectivity index (χ4n) is 2.61. The molecule has 2 heterocycles. The molecule has 1 aromatic rings. The number of thiophene rings is 1. The van der Waals surface area contributed by atoms with Crippen LogP contribution in [0.1, 0.15) is 25.7 Å². The van der Waals surface area contributed by atoms with Crippen LogP contribution >= 0.6 is 27.3 Å². The van der Waals surface area contributed by atoms with E-state index in [0.29, 0.717) is 33.7 Å². The Balaban J connectivity index is 1.67. The van der Waals surface area contributed by atoms with Gasteiger partial charge in [-0.05, 0) is 65.5 Å². The highest BCUT2D eigenvalue weighted by atomic mass is 79.9. The number of hydrogen-bond donors (Lipinski definition) is 1. The minimum absolute atomic E-state index is 0.438. The zero-order valence-electron chi connectivity index (χ0n) is 11.2. The van der Waals surface area contributed by atoms with E-state index in [0.717, 1.165) is 19.4 Å². The molecule has 1 saturated heterocycles. The summed E-state index contributed by atoms with van der Waals surface area (Å²) in [6, 6.07) is 2.49. The Morgan fingerprint density at radius 2 is 2.20 bits per heavy atom. The Morgan fingerprint density at radius 3 is 2.85 bits per heavy atom. The molecule has 112 valence electrons. The van der Waals surface area contributed by atoms with Gasteiger partial charge in [0.05, 0.1) is 0 Å². The first-order chi connectivity index (χ1) is 9.57. The molecule has 0 spiro atoms. The van der Waals surface area contributed by atoms with E-state index in [4.69, 9.17) is 0 Å². The Morgan fingerprint density at radius 1 is 1.40 bits per heavy atom. The lowest BCUT2D eigenvalue weighted by molar-refractivity contribution is 0.260. The minimum atomic E-state index is -3.33. The number of nitrogens with one attached hydrogen (secondary N) is 1. The second-order valence-corrected chi connectivity index (χ2v) is 9.51. The second-order valence-electron chi connectivity index (χ2n) is 5.61. The molecule has 7 heteroatoms. The molecule has 0 aromatic carbocycles. The van der Waals surface area contributed by atoms with E-state index in [2.05, 4.69) is 21.2 Å². The number of piperidine rings is 1. The monoisotopic (exact) mass is 378 g/mol. The van der Waals surface area contributed by atoms with Gasteiger partial charge in [-0.25, -0.2) is 8.42 Å². The highest BCUT2D eigenvalue weighted by molar-refractivity contribution is 9.10. The molecule has 0 bridgehead atoms. The lowest BCUT2D eigenvalue weighted by Crippen LogP contribution is -2.43. The quantitative estimate of drug-likeness (QED) is 0.856. The molecular formula is C13H19BrN2O2S2. The van der Waals surface area contributed by atoms with E-state index < -0.39 is 10.0 Å². The summed E-state index contributed by atoms with van der Waals surface area (Å²) in [6.07, 6.45) is 4.63. The Bertz CT molecular complexity index is 569. The van der Waals surface area contributed by atoms with Gasteiger partial charge < -0.3 is 5.32 Å². The molecule has 4 nitrogen and oxygen atoms in total. The molecule has 1 saturated carbocycles. The summed E-state index contributed by atoms with van der Waals surface area (Å²) in [4.78, 5) is 0. The first-order valence-electron chi connectivity index (χ1n) is 7.04. The summed E-state index contributed by atoms with van der Waals surface area (Å²) in [6.45, 7) is 2.24. The van der Waals surface area contributed by atoms with Gasteiger partial charge in [0.1, 0.15) is 4.21 Å². The topological polar surface area (TPSA) is 49.4 Å². The summed E-state index contributed by atoms with van der Waals surface area (Å²) < 4.78 is 28.1. The predicted molar refractivity (Wildman–Crippen MR) is 84.5 cm³/mol. The van der Waals surface area contributed by atoms with Gasteiger partial charge in [-0.2, -0.15) is 4.31 Å². The Labute approximate surface area is 132 Å². The number of nitrogens with zero attached hydrogens (tertiary/aromatic N) is 1. The maximum Gasteiger partial charge on any atom is 0.253 e. The Hall–Kier alpha value is 0.0500. The summed E-state index contributed by atoms with van der Waals surface area (Å²) in [5.74, 6) is 0.442. The van der Waals surface area contributed by atoms with E-state index in [-0.39, 0.29) is 0 Å². The van der Waals surface area contributed by atoms with E-state index in [9.17, 15) is 8.42 Å². The predicted octanol–water partition coefficient (Wildman–Crippen LogP) is 2.66. The van der Waals surface area contributed by atoms with Crippen molar-refractivity contribution < 1.29 is 8.42 Å². The highest BCUT2D eigenvalue weighted by Crippen LogP contribution is 2.32. The molecule has 20 heavy (non-hydrogen) atoms. The van der Waals surface area contributed by atoms with Gasteiger partial charge in [0.2, 0.25) is 0 Å². The molecule has 0 amide bonds. The molecular weight excluding hydrogens is 360 g/mol.